The smallest absolute Gasteiger partial charge is 0.328 e. The van der Waals surface area contributed by atoms with Crippen LogP contribution in [0.1, 0.15) is 47.5 Å². The van der Waals surface area contributed by atoms with Gasteiger partial charge >= 0.3 is 5.97 Å². The van der Waals surface area contributed by atoms with E-state index in [4.69, 9.17) is 5.73 Å². The first kappa shape index (κ1) is 37.2. The van der Waals surface area contributed by atoms with Crippen LogP contribution in [-0.4, -0.2) is 48.8 Å². The van der Waals surface area contributed by atoms with Crippen LogP contribution in [0.2, 0.25) is 0 Å². The second-order valence-electron chi connectivity index (χ2n) is 4.96. The van der Waals surface area contributed by atoms with E-state index in [0.29, 0.717) is 26.0 Å². The molecule has 160 valence electrons. The Labute approximate surface area is 192 Å². The van der Waals surface area contributed by atoms with Gasteiger partial charge in [0.2, 0.25) is 11.8 Å². The van der Waals surface area contributed by atoms with Gasteiger partial charge in [0.1, 0.15) is 6.04 Å². The van der Waals surface area contributed by atoms with E-state index in [1.165, 1.54) is 13.8 Å². The minimum atomic E-state index is -0.549. The number of hydrogen-bond donors (Lipinski definition) is 3. The normalized spacial score (nSPS) is 10.5. The number of nitrogens with two attached hydrogens (primary N) is 1. The summed E-state index contributed by atoms with van der Waals surface area (Å²) in [5, 5.41) is 4.92. The Kier molecular flexibility index (Phi) is 35.0. The number of ether oxygens (including phenoxy) is 1. The molecule has 0 heterocycles. The molecule has 0 fully saturated rings. The number of nitrogens with one attached hydrogen (secondary N) is 2. The number of carbonyl (C=O) groups excluding carboxylic acids is 4. The molecule has 0 radical (unpaired) electrons. The van der Waals surface area contributed by atoms with Crippen molar-refractivity contribution in [3.8, 4) is 0 Å². The van der Waals surface area contributed by atoms with Crippen molar-refractivity contribution >= 4 is 23.6 Å². The molecule has 0 bridgehead atoms. The SMILES string of the molecule is CCOC(=O)C(C)NC(C)=O.[CH2-]CCC(=O)C(C)NC(C)=O.[CH2-]CN.[W].[W]. The molecule has 0 aliphatic carbocycles. The number of hydrogen-bond acceptors (Lipinski definition) is 6. The first-order valence-corrected chi connectivity index (χ1v) is 8.09. The summed E-state index contributed by atoms with van der Waals surface area (Å²) in [6, 6.07) is -0.915. The van der Waals surface area contributed by atoms with E-state index >= 15 is 0 Å². The Hall–Kier alpha value is -0.583. The van der Waals surface area contributed by atoms with Gasteiger partial charge in [0.15, 0.2) is 5.78 Å². The zero-order chi connectivity index (χ0) is 20.4. The molecule has 0 spiro atoms. The number of carbonyl (C=O) groups is 4. The van der Waals surface area contributed by atoms with Gasteiger partial charge in [0.25, 0.3) is 0 Å². The molecule has 0 aliphatic heterocycles. The van der Waals surface area contributed by atoms with Crippen LogP contribution < -0.4 is 16.4 Å². The maximum atomic E-state index is 11.0. The van der Waals surface area contributed by atoms with Crippen molar-refractivity contribution in [3.63, 3.8) is 0 Å². The number of esters is 1. The van der Waals surface area contributed by atoms with Crippen molar-refractivity contribution in [2.75, 3.05) is 13.2 Å². The third-order valence-corrected chi connectivity index (χ3v) is 2.39. The van der Waals surface area contributed by atoms with E-state index < -0.39 is 12.0 Å². The molecule has 4 N–H and O–H groups in total. The molecule has 0 aliphatic rings. The fourth-order valence-corrected chi connectivity index (χ4v) is 1.41. The molecule has 8 nitrogen and oxygen atoms in total. The van der Waals surface area contributed by atoms with Crippen LogP contribution in [0.15, 0.2) is 0 Å². The average molecular weight is 727 g/mol. The quantitative estimate of drug-likeness (QED) is 0.260. The van der Waals surface area contributed by atoms with Crippen molar-refractivity contribution in [1.29, 1.82) is 0 Å². The topological polar surface area (TPSA) is 128 Å². The van der Waals surface area contributed by atoms with E-state index in [1.807, 2.05) is 0 Å². The molecule has 10 heteroatoms. The Morgan fingerprint density at radius 2 is 1.33 bits per heavy atom. The van der Waals surface area contributed by atoms with E-state index in [-0.39, 0.29) is 65.8 Å². The first-order chi connectivity index (χ1) is 11.6. The molecule has 0 saturated heterocycles. The monoisotopic (exact) mass is 727 g/mol. The molecular formula is C17H33N3O5W2-2. The van der Waals surface area contributed by atoms with Crippen molar-refractivity contribution in [2.45, 2.75) is 59.5 Å². The van der Waals surface area contributed by atoms with Crippen LogP contribution >= 0.6 is 0 Å². The van der Waals surface area contributed by atoms with Gasteiger partial charge in [-0.1, -0.05) is 0 Å². The summed E-state index contributed by atoms with van der Waals surface area (Å²) in [6.45, 7) is 15.4. The molecule has 0 aromatic heterocycles. The Morgan fingerprint density at radius 1 is 0.963 bits per heavy atom. The summed E-state index contributed by atoms with van der Waals surface area (Å²) in [5.41, 5.74) is 4.74. The van der Waals surface area contributed by atoms with Crippen LogP contribution in [0.3, 0.4) is 0 Å². The maximum Gasteiger partial charge on any atom is 0.328 e. The zero-order valence-corrected chi connectivity index (χ0v) is 22.7. The van der Waals surface area contributed by atoms with Gasteiger partial charge in [-0.3, -0.25) is 14.4 Å². The standard InChI is InChI=1S/C8H14NO2.C7H13NO3.C2H6N.2W/c1-4-5-8(11)6(2)9-7(3)10;1-4-11-7(10)5(2)8-6(3)9;1-2-3;;/h6H,1,4-5H2,2-3H3,(H,9,10);5H,4H2,1-3H3,(H,8,9);1-3H2;;/q-1;;-1;;. The van der Waals surface area contributed by atoms with Gasteiger partial charge < -0.3 is 35.0 Å². The van der Waals surface area contributed by atoms with Gasteiger partial charge in [0, 0.05) is 56.0 Å². The fraction of sp³-hybridized carbons (Fsp3) is 0.647. The summed E-state index contributed by atoms with van der Waals surface area (Å²) in [4.78, 5) is 42.8. The van der Waals surface area contributed by atoms with Gasteiger partial charge in [-0.25, -0.2) is 4.79 Å². The number of ketones is 1. The van der Waals surface area contributed by atoms with Crippen molar-refractivity contribution < 1.29 is 66.0 Å². The predicted octanol–water partition coefficient (Wildman–Crippen LogP) is 0.543. The van der Waals surface area contributed by atoms with Gasteiger partial charge in [-0.15, -0.1) is 6.54 Å². The Morgan fingerprint density at radius 3 is 1.63 bits per heavy atom. The van der Waals surface area contributed by atoms with E-state index in [2.05, 4.69) is 29.2 Å². The molecule has 0 rings (SSSR count). The molecule has 0 saturated carbocycles. The minimum Gasteiger partial charge on any atom is -0.464 e. The number of rotatable bonds is 7. The fourth-order valence-electron chi connectivity index (χ4n) is 1.41. The summed E-state index contributed by atoms with van der Waals surface area (Å²) >= 11 is 0. The molecule has 2 amide bonds. The summed E-state index contributed by atoms with van der Waals surface area (Å²) in [5.74, 6) is -0.765. The molecule has 2 unspecified atom stereocenters. The minimum absolute atomic E-state index is 0. The summed E-state index contributed by atoms with van der Waals surface area (Å²) in [6.07, 6.45) is 1.02. The molecule has 0 aromatic rings. The average Bonchev–Trinajstić information content (AvgIpc) is 2.47. The van der Waals surface area contributed by atoms with Crippen molar-refractivity contribution in [2.24, 2.45) is 5.73 Å². The van der Waals surface area contributed by atoms with Crippen molar-refractivity contribution in [3.05, 3.63) is 13.8 Å². The Bertz CT molecular complexity index is 374. The van der Waals surface area contributed by atoms with Crippen LogP contribution in [-0.2, 0) is 66.0 Å². The van der Waals surface area contributed by atoms with Crippen LogP contribution in [0.5, 0.6) is 0 Å². The molecule has 27 heavy (non-hydrogen) atoms. The van der Waals surface area contributed by atoms with E-state index in [1.54, 1.807) is 20.8 Å². The summed E-state index contributed by atoms with van der Waals surface area (Å²) in [7, 11) is 0. The van der Waals surface area contributed by atoms with Crippen LogP contribution in [0, 0.1) is 13.8 Å². The summed E-state index contributed by atoms with van der Waals surface area (Å²) < 4.78 is 4.65. The zero-order valence-electron chi connectivity index (χ0n) is 16.8. The van der Waals surface area contributed by atoms with E-state index in [9.17, 15) is 19.2 Å². The largest absolute Gasteiger partial charge is 0.464 e. The van der Waals surface area contributed by atoms with Crippen LogP contribution in [0.4, 0.5) is 0 Å². The third-order valence-electron chi connectivity index (χ3n) is 2.39. The predicted molar refractivity (Wildman–Crippen MR) is 97.2 cm³/mol. The van der Waals surface area contributed by atoms with Gasteiger partial charge in [0.05, 0.1) is 12.6 Å². The maximum absolute atomic E-state index is 11.0. The first-order valence-electron chi connectivity index (χ1n) is 8.09. The second kappa shape index (κ2) is 25.4. The Balaban J connectivity index is -0.0000000978. The van der Waals surface area contributed by atoms with Crippen LogP contribution in [0.25, 0.3) is 0 Å². The molecule has 0 aromatic carbocycles. The van der Waals surface area contributed by atoms with Gasteiger partial charge in [-0.2, -0.15) is 6.42 Å². The van der Waals surface area contributed by atoms with E-state index in [0.717, 1.165) is 0 Å². The molecule has 2 atom stereocenters. The van der Waals surface area contributed by atoms with Gasteiger partial charge in [-0.05, 0) is 27.2 Å². The second-order valence-corrected chi connectivity index (χ2v) is 4.96. The number of Topliss-reactive ketones (excluding diaryl/α,β-unsaturated/α-hetero) is 1. The third kappa shape index (κ3) is 30.4. The van der Waals surface area contributed by atoms with Crippen molar-refractivity contribution in [1.82, 2.24) is 10.6 Å². The molecular weight excluding hydrogens is 694 g/mol. The number of amides is 2.